The molecule has 0 radical (unpaired) electrons. The Bertz CT molecular complexity index is 481. The third-order valence-electron chi connectivity index (χ3n) is 3.15. The molecule has 0 aliphatic carbocycles. The van der Waals surface area contributed by atoms with Gasteiger partial charge in [-0.15, -0.1) is 11.3 Å². The highest BCUT2D eigenvalue weighted by Gasteiger charge is 1.98. The van der Waals surface area contributed by atoms with Crippen molar-refractivity contribution in [2.75, 3.05) is 11.9 Å². The van der Waals surface area contributed by atoms with Gasteiger partial charge in [0.05, 0.1) is 6.61 Å². The lowest BCUT2D eigenvalue weighted by Crippen LogP contribution is -2.00. The first kappa shape index (κ1) is 14.9. The second kappa shape index (κ2) is 8.64. The normalized spacial score (nSPS) is 10.4. The number of unbranched alkanes of at least 4 members (excludes halogenated alkanes) is 3. The Morgan fingerprint density at radius 2 is 2.05 bits per heavy atom. The van der Waals surface area contributed by atoms with Crippen LogP contribution in [0.1, 0.15) is 37.5 Å². The van der Waals surface area contributed by atoms with Gasteiger partial charge in [-0.1, -0.05) is 38.3 Å². The van der Waals surface area contributed by atoms with Gasteiger partial charge in [0.15, 0.2) is 0 Å². The molecule has 0 aliphatic heterocycles. The number of rotatable bonds is 9. The number of benzene rings is 1. The van der Waals surface area contributed by atoms with Crippen LogP contribution in [-0.4, -0.2) is 6.61 Å². The average molecular weight is 289 g/mol. The van der Waals surface area contributed by atoms with E-state index in [4.69, 9.17) is 4.74 Å². The van der Waals surface area contributed by atoms with E-state index < -0.39 is 0 Å². The van der Waals surface area contributed by atoms with Crippen molar-refractivity contribution in [2.45, 2.75) is 39.2 Å². The summed E-state index contributed by atoms with van der Waals surface area (Å²) in [4.78, 5) is 1.34. The summed E-state index contributed by atoms with van der Waals surface area (Å²) in [5.74, 6) is 0.956. The number of hydrogen-bond donors (Lipinski definition) is 1. The second-order valence-electron chi connectivity index (χ2n) is 4.87. The lowest BCUT2D eigenvalue weighted by molar-refractivity contribution is 0.305. The van der Waals surface area contributed by atoms with Crippen molar-refractivity contribution in [2.24, 2.45) is 0 Å². The molecule has 0 saturated carbocycles. The molecule has 20 heavy (non-hydrogen) atoms. The molecule has 0 atom stereocenters. The summed E-state index contributed by atoms with van der Waals surface area (Å²) in [7, 11) is 0. The molecule has 0 spiro atoms. The first-order valence-corrected chi connectivity index (χ1v) is 8.25. The minimum atomic E-state index is 0.814. The first-order valence-electron chi connectivity index (χ1n) is 7.37. The molecule has 1 aromatic carbocycles. The highest BCUT2D eigenvalue weighted by atomic mass is 32.1. The minimum Gasteiger partial charge on any atom is -0.494 e. The molecule has 2 aromatic rings. The Hall–Kier alpha value is -1.48. The highest BCUT2D eigenvalue weighted by Crippen LogP contribution is 2.19. The average Bonchev–Trinajstić information content (AvgIpc) is 2.99. The Labute approximate surface area is 125 Å². The van der Waals surface area contributed by atoms with Crippen molar-refractivity contribution < 1.29 is 4.74 Å². The molecule has 0 unspecified atom stereocenters. The summed E-state index contributed by atoms with van der Waals surface area (Å²) in [5, 5.41) is 5.53. The van der Waals surface area contributed by atoms with Gasteiger partial charge in [0.1, 0.15) is 5.75 Å². The van der Waals surface area contributed by atoms with Crippen molar-refractivity contribution >= 4 is 17.0 Å². The van der Waals surface area contributed by atoms with Crippen LogP contribution in [0.2, 0.25) is 0 Å². The Kier molecular flexibility index (Phi) is 6.45. The lowest BCUT2D eigenvalue weighted by Gasteiger charge is -2.09. The number of nitrogens with one attached hydrogen (secondary N) is 1. The SMILES string of the molecule is CCCCCCOc1cccc(NCc2cccs2)c1. The van der Waals surface area contributed by atoms with Gasteiger partial charge < -0.3 is 10.1 Å². The molecule has 3 heteroatoms. The van der Waals surface area contributed by atoms with Crippen LogP contribution in [0, 0.1) is 0 Å². The van der Waals surface area contributed by atoms with Crippen molar-refractivity contribution in [3.05, 3.63) is 46.7 Å². The highest BCUT2D eigenvalue weighted by molar-refractivity contribution is 7.09. The van der Waals surface area contributed by atoms with Crippen molar-refractivity contribution in [1.82, 2.24) is 0 Å². The van der Waals surface area contributed by atoms with Crippen LogP contribution in [0.4, 0.5) is 5.69 Å². The molecular weight excluding hydrogens is 266 g/mol. The van der Waals surface area contributed by atoms with Gasteiger partial charge >= 0.3 is 0 Å². The maximum Gasteiger partial charge on any atom is 0.121 e. The van der Waals surface area contributed by atoms with Crippen LogP contribution in [0.15, 0.2) is 41.8 Å². The summed E-state index contributed by atoms with van der Waals surface area (Å²) < 4.78 is 5.79. The van der Waals surface area contributed by atoms with E-state index in [0.717, 1.165) is 31.0 Å². The summed E-state index contributed by atoms with van der Waals surface area (Å²) in [6.07, 6.45) is 4.96. The molecule has 0 aliphatic rings. The minimum absolute atomic E-state index is 0.814. The van der Waals surface area contributed by atoms with Crippen molar-refractivity contribution in [3.8, 4) is 5.75 Å². The Balaban J connectivity index is 1.75. The predicted octanol–water partition coefficient (Wildman–Crippen LogP) is 5.32. The Morgan fingerprint density at radius 3 is 2.85 bits per heavy atom. The molecule has 2 nitrogen and oxygen atoms in total. The molecule has 108 valence electrons. The number of thiophene rings is 1. The smallest absolute Gasteiger partial charge is 0.121 e. The topological polar surface area (TPSA) is 21.3 Å². The summed E-state index contributed by atoms with van der Waals surface area (Å²) in [6, 6.07) is 12.4. The van der Waals surface area contributed by atoms with Gasteiger partial charge in [0.2, 0.25) is 0 Å². The molecule has 0 fully saturated rings. The number of hydrogen-bond acceptors (Lipinski definition) is 3. The second-order valence-corrected chi connectivity index (χ2v) is 5.90. The third kappa shape index (κ3) is 5.25. The summed E-state index contributed by atoms with van der Waals surface area (Å²) in [5.41, 5.74) is 1.12. The van der Waals surface area contributed by atoms with E-state index in [2.05, 4.69) is 41.9 Å². The van der Waals surface area contributed by atoms with Gasteiger partial charge in [0.25, 0.3) is 0 Å². The first-order chi connectivity index (χ1) is 9.88. The standard InChI is InChI=1S/C17H23NOS/c1-2-3-4-5-11-19-16-9-6-8-15(13-16)18-14-17-10-7-12-20-17/h6-10,12-13,18H,2-5,11,14H2,1H3. The number of ether oxygens (including phenoxy) is 1. The molecule has 1 aromatic heterocycles. The van der Waals surface area contributed by atoms with Crippen LogP contribution < -0.4 is 10.1 Å². The maximum absolute atomic E-state index is 5.79. The fourth-order valence-corrected chi connectivity index (χ4v) is 2.66. The van der Waals surface area contributed by atoms with E-state index in [9.17, 15) is 0 Å². The van der Waals surface area contributed by atoms with Gasteiger partial charge in [-0.2, -0.15) is 0 Å². The van der Waals surface area contributed by atoms with E-state index >= 15 is 0 Å². The van der Waals surface area contributed by atoms with Gasteiger partial charge in [-0.25, -0.2) is 0 Å². The van der Waals surface area contributed by atoms with E-state index in [0.29, 0.717) is 0 Å². The van der Waals surface area contributed by atoms with Crippen LogP contribution in [0.5, 0.6) is 5.75 Å². The van der Waals surface area contributed by atoms with Gasteiger partial charge in [-0.3, -0.25) is 0 Å². The molecule has 0 bridgehead atoms. The molecule has 0 saturated heterocycles. The fourth-order valence-electron chi connectivity index (χ4n) is 2.02. The van der Waals surface area contributed by atoms with Crippen LogP contribution in [-0.2, 0) is 6.54 Å². The molecular formula is C17H23NOS. The van der Waals surface area contributed by atoms with E-state index in [1.807, 2.05) is 12.1 Å². The zero-order valence-corrected chi connectivity index (χ0v) is 12.9. The third-order valence-corrected chi connectivity index (χ3v) is 4.02. The molecule has 1 N–H and O–H groups in total. The zero-order valence-electron chi connectivity index (χ0n) is 12.1. The lowest BCUT2D eigenvalue weighted by atomic mass is 10.2. The van der Waals surface area contributed by atoms with Crippen LogP contribution in [0.25, 0.3) is 0 Å². The van der Waals surface area contributed by atoms with Crippen molar-refractivity contribution in [3.63, 3.8) is 0 Å². The Morgan fingerprint density at radius 1 is 1.10 bits per heavy atom. The number of anilines is 1. The zero-order chi connectivity index (χ0) is 14.0. The van der Waals surface area contributed by atoms with E-state index in [1.54, 1.807) is 11.3 Å². The summed E-state index contributed by atoms with van der Waals surface area (Å²) >= 11 is 1.77. The monoisotopic (exact) mass is 289 g/mol. The predicted molar refractivity (Wildman–Crippen MR) is 87.7 cm³/mol. The summed E-state index contributed by atoms with van der Waals surface area (Å²) in [6.45, 7) is 3.91. The quantitative estimate of drug-likeness (QED) is 0.631. The maximum atomic E-state index is 5.79. The van der Waals surface area contributed by atoms with Crippen molar-refractivity contribution in [1.29, 1.82) is 0 Å². The molecule has 1 heterocycles. The fraction of sp³-hybridized carbons (Fsp3) is 0.412. The van der Waals surface area contributed by atoms with Crippen LogP contribution in [0.3, 0.4) is 0 Å². The van der Waals surface area contributed by atoms with E-state index in [-0.39, 0.29) is 0 Å². The molecule has 2 rings (SSSR count). The van der Waals surface area contributed by atoms with Crippen LogP contribution >= 0.6 is 11.3 Å². The molecule has 0 amide bonds. The van der Waals surface area contributed by atoms with Gasteiger partial charge in [0, 0.05) is 23.2 Å². The largest absolute Gasteiger partial charge is 0.494 e. The van der Waals surface area contributed by atoms with E-state index in [1.165, 1.54) is 24.1 Å². The van der Waals surface area contributed by atoms with Gasteiger partial charge in [-0.05, 0) is 30.0 Å².